The Hall–Kier alpha value is -0.400. The highest BCUT2D eigenvalue weighted by atomic mass is 79.9. The first-order chi connectivity index (χ1) is 8.02. The van der Waals surface area contributed by atoms with Crippen LogP contribution in [0.2, 0.25) is 0 Å². The molecular formula is C10H15Br2N3O2. The van der Waals surface area contributed by atoms with E-state index in [0.29, 0.717) is 21.6 Å². The number of rotatable bonds is 6. The van der Waals surface area contributed by atoms with Crippen LogP contribution in [0.5, 0.6) is 5.88 Å². The summed E-state index contributed by atoms with van der Waals surface area (Å²) in [5.41, 5.74) is 0. The standard InChI is InChI=1S/C10H15Br2N3O2/c1-6(2)14-9-10(13-4-8(12)15-9)17-5-7(16)3-11/h4,6-7,16H,3,5H2,1-2H3,(H,14,15). The van der Waals surface area contributed by atoms with Gasteiger partial charge in [0.05, 0.1) is 12.3 Å². The number of hydrogen-bond acceptors (Lipinski definition) is 5. The van der Waals surface area contributed by atoms with Crippen LogP contribution in [0.4, 0.5) is 5.82 Å². The Morgan fingerprint density at radius 1 is 1.53 bits per heavy atom. The molecule has 7 heteroatoms. The number of nitrogens with zero attached hydrogens (tertiary/aromatic N) is 2. The van der Waals surface area contributed by atoms with Gasteiger partial charge in [-0.3, -0.25) is 0 Å². The summed E-state index contributed by atoms with van der Waals surface area (Å²) < 4.78 is 6.04. The number of ether oxygens (including phenoxy) is 1. The van der Waals surface area contributed by atoms with Gasteiger partial charge in [-0.1, -0.05) is 15.9 Å². The molecule has 0 spiro atoms. The maximum absolute atomic E-state index is 9.40. The van der Waals surface area contributed by atoms with E-state index in [1.807, 2.05) is 13.8 Å². The lowest BCUT2D eigenvalue weighted by Gasteiger charge is -2.14. The fraction of sp³-hybridized carbons (Fsp3) is 0.600. The number of aromatic nitrogens is 2. The second kappa shape index (κ2) is 7.13. The van der Waals surface area contributed by atoms with Crippen LogP contribution in [0.3, 0.4) is 0 Å². The summed E-state index contributed by atoms with van der Waals surface area (Å²) in [7, 11) is 0. The van der Waals surface area contributed by atoms with Gasteiger partial charge in [-0.2, -0.15) is 0 Å². The fourth-order valence-electron chi connectivity index (χ4n) is 1.05. The third kappa shape index (κ3) is 5.18. The molecule has 1 rings (SSSR count). The molecule has 5 nitrogen and oxygen atoms in total. The first-order valence-corrected chi connectivity index (χ1v) is 7.10. The average molecular weight is 369 g/mol. The van der Waals surface area contributed by atoms with Crippen molar-refractivity contribution in [2.45, 2.75) is 26.0 Å². The first-order valence-electron chi connectivity index (χ1n) is 5.18. The van der Waals surface area contributed by atoms with Crippen LogP contribution in [0.25, 0.3) is 0 Å². The van der Waals surface area contributed by atoms with Crippen molar-refractivity contribution in [1.29, 1.82) is 0 Å². The van der Waals surface area contributed by atoms with Gasteiger partial charge < -0.3 is 15.2 Å². The predicted molar refractivity (Wildman–Crippen MR) is 73.8 cm³/mol. The summed E-state index contributed by atoms with van der Waals surface area (Å²) in [5.74, 6) is 0.957. The normalized spacial score (nSPS) is 12.6. The zero-order valence-electron chi connectivity index (χ0n) is 9.65. The van der Waals surface area contributed by atoms with Gasteiger partial charge in [0.25, 0.3) is 5.88 Å². The van der Waals surface area contributed by atoms with Crippen LogP contribution in [-0.4, -0.2) is 39.2 Å². The van der Waals surface area contributed by atoms with Crippen molar-refractivity contribution < 1.29 is 9.84 Å². The molecule has 0 saturated carbocycles. The Morgan fingerprint density at radius 3 is 2.82 bits per heavy atom. The van der Waals surface area contributed by atoms with Crippen molar-refractivity contribution in [2.75, 3.05) is 17.3 Å². The molecule has 96 valence electrons. The van der Waals surface area contributed by atoms with Gasteiger partial charge in [0.2, 0.25) is 0 Å². The molecule has 1 atom stereocenters. The lowest BCUT2D eigenvalue weighted by atomic mass is 10.4. The molecule has 0 amide bonds. The van der Waals surface area contributed by atoms with Gasteiger partial charge >= 0.3 is 0 Å². The number of hydrogen-bond donors (Lipinski definition) is 2. The minimum absolute atomic E-state index is 0.175. The second-order valence-electron chi connectivity index (χ2n) is 3.76. The highest BCUT2D eigenvalue weighted by molar-refractivity contribution is 9.10. The van der Waals surface area contributed by atoms with Crippen LogP contribution in [0.15, 0.2) is 10.8 Å². The van der Waals surface area contributed by atoms with E-state index in [-0.39, 0.29) is 12.6 Å². The third-order valence-electron chi connectivity index (χ3n) is 1.73. The number of halogens is 2. The molecule has 0 aliphatic carbocycles. The van der Waals surface area contributed by atoms with Crippen LogP contribution >= 0.6 is 31.9 Å². The number of aliphatic hydroxyl groups excluding tert-OH is 1. The SMILES string of the molecule is CC(C)Nc1nc(Br)cnc1OCC(O)CBr. The molecule has 2 N–H and O–H groups in total. The summed E-state index contributed by atoms with van der Waals surface area (Å²) in [6.45, 7) is 4.17. The molecule has 0 aromatic carbocycles. The lowest BCUT2D eigenvalue weighted by molar-refractivity contribution is 0.124. The Kier molecular flexibility index (Phi) is 6.15. The van der Waals surface area contributed by atoms with E-state index in [9.17, 15) is 5.11 Å². The molecule has 0 saturated heterocycles. The van der Waals surface area contributed by atoms with Crippen molar-refractivity contribution in [3.63, 3.8) is 0 Å². The first kappa shape index (κ1) is 14.7. The molecule has 1 unspecified atom stereocenters. The minimum Gasteiger partial charge on any atom is -0.472 e. The number of aliphatic hydroxyl groups is 1. The Labute approximate surface area is 117 Å². The van der Waals surface area contributed by atoms with Crippen LogP contribution in [0.1, 0.15) is 13.8 Å². The fourth-order valence-corrected chi connectivity index (χ4v) is 1.52. The Bertz CT molecular complexity index is 363. The molecule has 0 radical (unpaired) electrons. The summed E-state index contributed by atoms with van der Waals surface area (Å²) in [6, 6.07) is 0.224. The van der Waals surface area contributed by atoms with E-state index in [1.165, 1.54) is 0 Å². The van der Waals surface area contributed by atoms with Crippen molar-refractivity contribution in [2.24, 2.45) is 0 Å². The molecule has 1 aromatic heterocycles. The van der Waals surface area contributed by atoms with Crippen LogP contribution < -0.4 is 10.1 Å². The summed E-state index contributed by atoms with van der Waals surface area (Å²) in [5, 5.41) is 13.0. The van der Waals surface area contributed by atoms with E-state index >= 15 is 0 Å². The molecule has 1 heterocycles. The van der Waals surface area contributed by atoms with Crippen LogP contribution in [-0.2, 0) is 0 Å². The van der Waals surface area contributed by atoms with Gasteiger partial charge in [0.1, 0.15) is 11.2 Å². The van der Waals surface area contributed by atoms with Gasteiger partial charge in [-0.25, -0.2) is 9.97 Å². The molecule has 0 aliphatic rings. The number of anilines is 1. The quantitative estimate of drug-likeness (QED) is 0.753. The minimum atomic E-state index is -0.563. The largest absolute Gasteiger partial charge is 0.472 e. The topological polar surface area (TPSA) is 67.3 Å². The van der Waals surface area contributed by atoms with Crippen molar-refractivity contribution in [1.82, 2.24) is 9.97 Å². The zero-order valence-corrected chi connectivity index (χ0v) is 12.8. The monoisotopic (exact) mass is 367 g/mol. The Morgan fingerprint density at radius 2 is 2.24 bits per heavy atom. The Balaban J connectivity index is 2.75. The third-order valence-corrected chi connectivity index (χ3v) is 2.85. The molecular weight excluding hydrogens is 354 g/mol. The summed E-state index contributed by atoms with van der Waals surface area (Å²) in [6.07, 6.45) is 0.994. The smallest absolute Gasteiger partial charge is 0.257 e. The molecule has 17 heavy (non-hydrogen) atoms. The number of nitrogens with one attached hydrogen (secondary N) is 1. The zero-order chi connectivity index (χ0) is 12.8. The van der Waals surface area contributed by atoms with Gasteiger partial charge in [0, 0.05) is 11.4 Å². The average Bonchev–Trinajstić information content (AvgIpc) is 2.26. The molecule has 0 fully saturated rings. The van der Waals surface area contributed by atoms with E-state index in [4.69, 9.17) is 4.74 Å². The second-order valence-corrected chi connectivity index (χ2v) is 5.22. The van der Waals surface area contributed by atoms with Gasteiger partial charge in [0.15, 0.2) is 5.82 Å². The molecule has 1 aromatic rings. The highest BCUT2D eigenvalue weighted by Crippen LogP contribution is 2.22. The molecule has 0 bridgehead atoms. The van der Waals surface area contributed by atoms with Crippen molar-refractivity contribution in [3.8, 4) is 5.88 Å². The summed E-state index contributed by atoms with van der Waals surface area (Å²) >= 11 is 6.42. The number of alkyl halides is 1. The van der Waals surface area contributed by atoms with Crippen molar-refractivity contribution in [3.05, 3.63) is 10.8 Å². The van der Waals surface area contributed by atoms with Gasteiger partial charge in [-0.05, 0) is 29.8 Å². The van der Waals surface area contributed by atoms with Crippen molar-refractivity contribution >= 4 is 37.7 Å². The van der Waals surface area contributed by atoms with E-state index in [0.717, 1.165) is 0 Å². The maximum Gasteiger partial charge on any atom is 0.257 e. The van der Waals surface area contributed by atoms with Gasteiger partial charge in [-0.15, -0.1) is 0 Å². The maximum atomic E-state index is 9.40. The van der Waals surface area contributed by atoms with E-state index in [2.05, 4.69) is 47.1 Å². The highest BCUT2D eigenvalue weighted by Gasteiger charge is 2.11. The lowest BCUT2D eigenvalue weighted by Crippen LogP contribution is -2.20. The molecule has 0 aliphatic heterocycles. The van der Waals surface area contributed by atoms with E-state index in [1.54, 1.807) is 6.20 Å². The van der Waals surface area contributed by atoms with E-state index < -0.39 is 6.10 Å². The van der Waals surface area contributed by atoms with Crippen LogP contribution in [0, 0.1) is 0 Å². The predicted octanol–water partition coefficient (Wildman–Crippen LogP) is 2.19. The summed E-state index contributed by atoms with van der Waals surface area (Å²) in [4.78, 5) is 8.36.